The molecule has 0 unspecified atom stereocenters. The molecule has 0 fully saturated rings. The van der Waals surface area contributed by atoms with Gasteiger partial charge in [-0.3, -0.25) is 14.8 Å². The number of carbonyl (C=O) groups excluding carboxylic acids is 1. The Bertz CT molecular complexity index is 676. The predicted octanol–water partition coefficient (Wildman–Crippen LogP) is 6.01. The van der Waals surface area contributed by atoms with Crippen LogP contribution in [0.5, 0.6) is 0 Å². The summed E-state index contributed by atoms with van der Waals surface area (Å²) in [7, 11) is 0. The van der Waals surface area contributed by atoms with Crippen molar-refractivity contribution in [1.82, 2.24) is 9.97 Å². The van der Waals surface area contributed by atoms with E-state index in [4.69, 9.17) is 23.2 Å². The zero-order valence-electron chi connectivity index (χ0n) is 15.3. The van der Waals surface area contributed by atoms with E-state index in [0.717, 1.165) is 11.6 Å². The van der Waals surface area contributed by atoms with Crippen molar-refractivity contribution >= 4 is 41.4 Å². The molecule has 0 aliphatic rings. The molecule has 26 heavy (non-hydrogen) atoms. The highest BCUT2D eigenvalue weighted by Gasteiger charge is 1.98. The number of aryl methyl sites for hydroxylation is 1. The third-order valence-electron chi connectivity index (χ3n) is 3.04. The molecule has 0 aliphatic carbocycles. The number of halogens is 3. The van der Waals surface area contributed by atoms with Gasteiger partial charge in [0, 0.05) is 24.3 Å². The van der Waals surface area contributed by atoms with Crippen molar-refractivity contribution in [2.75, 3.05) is 5.32 Å². The first kappa shape index (κ1) is 24.0. The second-order valence-corrected chi connectivity index (χ2v) is 6.58. The molecule has 0 atom stereocenters. The van der Waals surface area contributed by atoms with Crippen LogP contribution in [0.3, 0.4) is 0 Å². The van der Waals surface area contributed by atoms with Crippen LogP contribution in [0.1, 0.15) is 38.4 Å². The Morgan fingerprint density at radius 3 is 2.31 bits per heavy atom. The van der Waals surface area contributed by atoms with Gasteiger partial charge in [-0.05, 0) is 42.7 Å². The maximum absolute atomic E-state index is 12.9. The third kappa shape index (κ3) is 12.4. The van der Waals surface area contributed by atoms with Gasteiger partial charge in [0.25, 0.3) is 0 Å². The van der Waals surface area contributed by atoms with E-state index in [2.05, 4.69) is 36.1 Å². The lowest BCUT2D eigenvalue weighted by atomic mass is 10.2. The first-order valence-electron chi connectivity index (χ1n) is 8.05. The fourth-order valence-corrected chi connectivity index (χ4v) is 1.49. The van der Waals surface area contributed by atoms with Crippen LogP contribution in [0.15, 0.2) is 41.3 Å². The van der Waals surface area contributed by atoms with Crippen molar-refractivity contribution < 1.29 is 9.18 Å². The summed E-state index contributed by atoms with van der Waals surface area (Å²) in [5.74, 6) is 0.522. The van der Waals surface area contributed by atoms with Crippen molar-refractivity contribution in [3.05, 3.63) is 58.4 Å². The largest absolute Gasteiger partial charge is 0.329 e. The van der Waals surface area contributed by atoms with Crippen LogP contribution in [0, 0.1) is 18.7 Å². The SMILES string of the molecule is CCC(C)C.Cc1ncc(C=C(Cl)Cl)cc1F.O=CNc1ccncc1. The number of hydrogen-bond acceptors (Lipinski definition) is 3. The van der Waals surface area contributed by atoms with E-state index in [-0.39, 0.29) is 10.3 Å². The van der Waals surface area contributed by atoms with Gasteiger partial charge in [-0.15, -0.1) is 0 Å². The van der Waals surface area contributed by atoms with E-state index in [0.29, 0.717) is 17.7 Å². The normalized spacial score (nSPS) is 9.23. The van der Waals surface area contributed by atoms with E-state index in [1.54, 1.807) is 31.5 Å². The first-order valence-corrected chi connectivity index (χ1v) is 8.80. The second kappa shape index (κ2) is 14.2. The monoisotopic (exact) mass is 399 g/mol. The topological polar surface area (TPSA) is 54.9 Å². The molecule has 1 amide bonds. The molecule has 4 nitrogen and oxygen atoms in total. The molecular weight excluding hydrogens is 376 g/mol. The lowest BCUT2D eigenvalue weighted by Crippen LogP contribution is -1.92. The minimum atomic E-state index is -0.363. The van der Waals surface area contributed by atoms with Gasteiger partial charge >= 0.3 is 0 Å². The van der Waals surface area contributed by atoms with Gasteiger partial charge in [-0.2, -0.15) is 0 Å². The number of hydrogen-bond donors (Lipinski definition) is 1. The summed E-state index contributed by atoms with van der Waals surface area (Å²) in [5, 5.41) is 2.49. The fourth-order valence-electron chi connectivity index (χ4n) is 1.24. The molecule has 0 radical (unpaired) electrons. The number of nitrogens with one attached hydrogen (secondary N) is 1. The lowest BCUT2D eigenvalue weighted by Gasteiger charge is -1.96. The number of nitrogens with zero attached hydrogens (tertiary/aromatic N) is 2. The Kier molecular flexibility index (Phi) is 13.1. The zero-order valence-corrected chi connectivity index (χ0v) is 16.9. The van der Waals surface area contributed by atoms with Crippen LogP contribution in [0.4, 0.5) is 10.1 Å². The molecular formula is C19H24Cl2FN3O. The molecule has 0 aromatic carbocycles. The molecule has 7 heteroatoms. The van der Waals surface area contributed by atoms with Crippen LogP contribution in [0.25, 0.3) is 6.08 Å². The van der Waals surface area contributed by atoms with Gasteiger partial charge in [0.05, 0.1) is 5.69 Å². The van der Waals surface area contributed by atoms with Gasteiger partial charge in [-0.25, -0.2) is 4.39 Å². The number of amides is 1. The molecule has 0 spiro atoms. The minimum absolute atomic E-state index is 0.0834. The molecule has 2 heterocycles. The van der Waals surface area contributed by atoms with E-state index in [9.17, 15) is 9.18 Å². The van der Waals surface area contributed by atoms with Gasteiger partial charge in [0.15, 0.2) is 0 Å². The Balaban J connectivity index is 0.000000394. The van der Waals surface area contributed by atoms with Gasteiger partial charge in [0.2, 0.25) is 6.41 Å². The lowest BCUT2D eigenvalue weighted by molar-refractivity contribution is -0.105. The predicted molar refractivity (Wildman–Crippen MR) is 108 cm³/mol. The third-order valence-corrected chi connectivity index (χ3v) is 3.26. The molecule has 2 aromatic rings. The molecule has 0 bridgehead atoms. The molecule has 2 rings (SSSR count). The maximum Gasteiger partial charge on any atom is 0.211 e. The quantitative estimate of drug-likeness (QED) is 0.640. The van der Waals surface area contributed by atoms with Crippen LogP contribution < -0.4 is 5.32 Å². The van der Waals surface area contributed by atoms with Crippen molar-refractivity contribution in [3.8, 4) is 0 Å². The number of rotatable bonds is 4. The summed E-state index contributed by atoms with van der Waals surface area (Å²) >= 11 is 10.8. The summed E-state index contributed by atoms with van der Waals surface area (Å²) < 4.78 is 12.9. The van der Waals surface area contributed by atoms with Crippen molar-refractivity contribution in [2.24, 2.45) is 5.92 Å². The summed E-state index contributed by atoms with van der Waals surface area (Å²) in [6.07, 6.45) is 8.11. The molecule has 0 saturated heterocycles. The Morgan fingerprint density at radius 2 is 1.88 bits per heavy atom. The van der Waals surface area contributed by atoms with Crippen LogP contribution in [0.2, 0.25) is 0 Å². The number of aromatic nitrogens is 2. The van der Waals surface area contributed by atoms with E-state index in [1.165, 1.54) is 24.8 Å². The van der Waals surface area contributed by atoms with Crippen molar-refractivity contribution in [1.29, 1.82) is 0 Å². The minimum Gasteiger partial charge on any atom is -0.329 e. The summed E-state index contributed by atoms with van der Waals surface area (Å²) in [6.45, 7) is 8.23. The smallest absolute Gasteiger partial charge is 0.211 e. The van der Waals surface area contributed by atoms with Gasteiger partial charge in [0.1, 0.15) is 10.3 Å². The second-order valence-electron chi connectivity index (χ2n) is 5.57. The zero-order chi connectivity index (χ0) is 19.9. The van der Waals surface area contributed by atoms with Crippen LogP contribution >= 0.6 is 23.2 Å². The Hall–Kier alpha value is -1.98. The average Bonchev–Trinajstić information content (AvgIpc) is 2.60. The highest BCUT2D eigenvalue weighted by molar-refractivity contribution is 6.57. The highest BCUT2D eigenvalue weighted by atomic mass is 35.5. The first-order chi connectivity index (χ1) is 12.3. The van der Waals surface area contributed by atoms with Gasteiger partial charge < -0.3 is 5.32 Å². The maximum atomic E-state index is 12.9. The summed E-state index contributed by atoms with van der Waals surface area (Å²) in [4.78, 5) is 17.4. The summed E-state index contributed by atoms with van der Waals surface area (Å²) in [6, 6.07) is 4.76. The molecule has 2 aromatic heterocycles. The fraction of sp³-hybridized carbons (Fsp3) is 0.316. The van der Waals surface area contributed by atoms with Crippen molar-refractivity contribution in [3.63, 3.8) is 0 Å². The van der Waals surface area contributed by atoms with E-state index in [1.807, 2.05) is 0 Å². The number of pyridine rings is 2. The Morgan fingerprint density at radius 1 is 1.31 bits per heavy atom. The van der Waals surface area contributed by atoms with E-state index < -0.39 is 0 Å². The highest BCUT2D eigenvalue weighted by Crippen LogP contribution is 2.14. The average molecular weight is 400 g/mol. The van der Waals surface area contributed by atoms with Crippen LogP contribution in [-0.4, -0.2) is 16.4 Å². The van der Waals surface area contributed by atoms with Crippen LogP contribution in [-0.2, 0) is 4.79 Å². The Labute approximate surface area is 164 Å². The molecule has 1 N–H and O–H groups in total. The van der Waals surface area contributed by atoms with E-state index >= 15 is 0 Å². The van der Waals surface area contributed by atoms with Gasteiger partial charge in [-0.1, -0.05) is 50.4 Å². The summed E-state index contributed by atoms with van der Waals surface area (Å²) in [5.41, 5.74) is 1.68. The number of carbonyl (C=O) groups is 1. The molecule has 0 saturated carbocycles. The number of anilines is 1. The standard InChI is InChI=1S/C8H6Cl2FN.C6H6N2O.C5H12/c1-5-7(11)2-6(4-12-5)3-8(9)10;9-5-8-6-1-3-7-4-2-6;1-4-5(2)3/h2-4H,1H3;1-5H,(H,7,8,9);5H,4H2,1-3H3. The molecule has 0 aliphatic heterocycles. The molecule has 142 valence electrons. The van der Waals surface area contributed by atoms with Crippen molar-refractivity contribution in [2.45, 2.75) is 34.1 Å².